The van der Waals surface area contributed by atoms with Crippen LogP contribution in [0.15, 0.2) is 30.3 Å². The monoisotopic (exact) mass is 483 g/mol. The van der Waals surface area contributed by atoms with Gasteiger partial charge >= 0.3 is 11.9 Å². The molecule has 2 aromatic carbocycles. The number of carbonyl (C=O) groups is 2. The summed E-state index contributed by atoms with van der Waals surface area (Å²) in [5.41, 5.74) is 1.88. The van der Waals surface area contributed by atoms with E-state index in [4.69, 9.17) is 28.8 Å². The molecule has 35 heavy (non-hydrogen) atoms. The van der Waals surface area contributed by atoms with E-state index in [1.165, 1.54) is 7.11 Å². The second-order valence-corrected chi connectivity index (χ2v) is 8.21. The maximum atomic E-state index is 13.0. The molecule has 4 rings (SSSR count). The van der Waals surface area contributed by atoms with Crippen molar-refractivity contribution in [1.29, 1.82) is 0 Å². The van der Waals surface area contributed by atoms with Gasteiger partial charge in [0.05, 0.1) is 32.4 Å². The molecule has 0 unspecified atom stereocenters. The number of carbonyl (C=O) groups excluding carboxylic acids is 1. The number of aromatic amines is 1. The number of rotatable bonds is 10. The van der Waals surface area contributed by atoms with Gasteiger partial charge in [-0.1, -0.05) is 0 Å². The Morgan fingerprint density at radius 2 is 1.80 bits per heavy atom. The van der Waals surface area contributed by atoms with Crippen LogP contribution in [0.25, 0.3) is 22.0 Å². The highest BCUT2D eigenvalue weighted by molar-refractivity contribution is 6.09. The van der Waals surface area contributed by atoms with Crippen LogP contribution in [0.1, 0.15) is 43.1 Å². The van der Waals surface area contributed by atoms with E-state index in [-0.39, 0.29) is 24.2 Å². The molecule has 0 aliphatic heterocycles. The van der Waals surface area contributed by atoms with Crippen molar-refractivity contribution in [3.05, 3.63) is 36.0 Å². The Morgan fingerprint density at radius 1 is 1.03 bits per heavy atom. The number of hydrogen-bond donors (Lipinski definition) is 2. The lowest BCUT2D eigenvalue weighted by Crippen LogP contribution is -2.11. The molecule has 0 bridgehead atoms. The van der Waals surface area contributed by atoms with Crippen LogP contribution in [0.4, 0.5) is 0 Å². The Morgan fingerprint density at radius 3 is 2.46 bits per heavy atom. The van der Waals surface area contributed by atoms with E-state index in [0.717, 1.165) is 25.7 Å². The fourth-order valence-corrected chi connectivity index (χ4v) is 4.37. The van der Waals surface area contributed by atoms with Crippen molar-refractivity contribution in [2.45, 2.75) is 38.7 Å². The highest BCUT2D eigenvalue weighted by Crippen LogP contribution is 2.44. The highest BCUT2D eigenvalue weighted by Gasteiger charge is 2.26. The molecule has 0 spiro atoms. The minimum atomic E-state index is -1.13. The van der Waals surface area contributed by atoms with Crippen molar-refractivity contribution in [2.75, 3.05) is 27.4 Å². The van der Waals surface area contributed by atoms with Gasteiger partial charge in [-0.2, -0.15) is 0 Å². The van der Waals surface area contributed by atoms with E-state index in [1.54, 1.807) is 38.3 Å². The first-order valence-electron chi connectivity index (χ1n) is 11.6. The Labute approximate surface area is 202 Å². The van der Waals surface area contributed by atoms with Gasteiger partial charge in [-0.25, -0.2) is 9.59 Å². The topological polar surface area (TPSA) is 116 Å². The zero-order valence-corrected chi connectivity index (χ0v) is 20.0. The average Bonchev–Trinajstić information content (AvgIpc) is 3.49. The van der Waals surface area contributed by atoms with E-state index in [0.29, 0.717) is 39.3 Å². The molecule has 0 saturated heterocycles. The molecule has 1 fully saturated rings. The number of carboxylic acid groups (broad SMARTS) is 1. The summed E-state index contributed by atoms with van der Waals surface area (Å²) in [5.74, 6) is 0.184. The van der Waals surface area contributed by atoms with Gasteiger partial charge in [0, 0.05) is 28.6 Å². The van der Waals surface area contributed by atoms with Crippen molar-refractivity contribution >= 4 is 22.8 Å². The number of ether oxygens (including phenoxy) is 5. The van der Waals surface area contributed by atoms with E-state index < -0.39 is 18.5 Å². The molecule has 0 atom stereocenters. The van der Waals surface area contributed by atoms with E-state index in [2.05, 4.69) is 4.98 Å². The smallest absolute Gasteiger partial charge is 0.355 e. The molecule has 9 heteroatoms. The van der Waals surface area contributed by atoms with Crippen LogP contribution in [-0.4, -0.2) is 55.6 Å². The number of benzene rings is 2. The first kappa shape index (κ1) is 24.3. The highest BCUT2D eigenvalue weighted by atomic mass is 16.5. The van der Waals surface area contributed by atoms with Crippen molar-refractivity contribution < 1.29 is 38.4 Å². The third-order valence-corrected chi connectivity index (χ3v) is 5.97. The normalized spacial score (nSPS) is 13.6. The predicted octanol–water partition coefficient (Wildman–Crippen LogP) is 4.81. The Balaban J connectivity index is 1.90. The summed E-state index contributed by atoms with van der Waals surface area (Å²) in [5, 5.41) is 9.83. The van der Waals surface area contributed by atoms with Gasteiger partial charge in [-0.05, 0) is 50.8 Å². The number of hydrogen-bond acceptors (Lipinski definition) is 7. The number of H-pyrrole nitrogens is 1. The lowest BCUT2D eigenvalue weighted by Gasteiger charge is -2.16. The minimum Gasteiger partial charge on any atom is -0.497 e. The van der Waals surface area contributed by atoms with Crippen LogP contribution in [0.3, 0.4) is 0 Å². The molecule has 9 nitrogen and oxygen atoms in total. The Kier molecular flexibility index (Phi) is 7.33. The second-order valence-electron chi connectivity index (χ2n) is 8.21. The van der Waals surface area contributed by atoms with Crippen LogP contribution < -0.4 is 18.9 Å². The first-order chi connectivity index (χ1) is 16.9. The summed E-state index contributed by atoms with van der Waals surface area (Å²) in [7, 11) is 3.07. The second kappa shape index (κ2) is 10.6. The predicted molar refractivity (Wildman–Crippen MR) is 129 cm³/mol. The van der Waals surface area contributed by atoms with Crippen LogP contribution in [-0.2, 0) is 9.53 Å². The third-order valence-electron chi connectivity index (χ3n) is 5.97. The summed E-state index contributed by atoms with van der Waals surface area (Å²) in [4.78, 5) is 27.3. The van der Waals surface area contributed by atoms with E-state index in [9.17, 15) is 9.59 Å². The Hall–Kier alpha value is -3.88. The molecule has 1 saturated carbocycles. The minimum absolute atomic E-state index is 0.123. The van der Waals surface area contributed by atoms with Gasteiger partial charge in [0.1, 0.15) is 17.2 Å². The van der Waals surface area contributed by atoms with Crippen LogP contribution >= 0.6 is 0 Å². The van der Waals surface area contributed by atoms with Crippen molar-refractivity contribution in [1.82, 2.24) is 4.98 Å². The number of carboxylic acids is 1. The average molecular weight is 484 g/mol. The van der Waals surface area contributed by atoms with Gasteiger partial charge in [-0.15, -0.1) is 0 Å². The Bertz CT molecular complexity index is 1230. The lowest BCUT2D eigenvalue weighted by atomic mass is 10.00. The van der Waals surface area contributed by atoms with Crippen molar-refractivity contribution in [3.8, 4) is 34.1 Å². The molecule has 0 amide bonds. The molecule has 0 radical (unpaired) electrons. The fourth-order valence-electron chi connectivity index (χ4n) is 4.37. The zero-order chi connectivity index (χ0) is 24.9. The summed E-state index contributed by atoms with van der Waals surface area (Å²) >= 11 is 0. The summed E-state index contributed by atoms with van der Waals surface area (Å²) in [6.07, 6.45) is 4.36. The molecule has 3 aromatic rings. The molecule has 1 aliphatic rings. The quantitative estimate of drug-likeness (QED) is 0.395. The van der Waals surface area contributed by atoms with E-state index >= 15 is 0 Å². The lowest BCUT2D eigenvalue weighted by molar-refractivity contribution is -0.139. The van der Waals surface area contributed by atoms with Gasteiger partial charge < -0.3 is 33.8 Å². The summed E-state index contributed by atoms with van der Waals surface area (Å²) < 4.78 is 28.0. The van der Waals surface area contributed by atoms with Crippen molar-refractivity contribution in [2.24, 2.45) is 0 Å². The SMILES string of the molecule is CCOC(=O)c1[nH]c2cc(OC3CCCC3)c(OC)cc2c1-c1ccc(OC)cc1OCC(=O)O. The molecule has 1 heterocycles. The third kappa shape index (κ3) is 5.13. The number of methoxy groups -OCH3 is 2. The number of nitrogens with one attached hydrogen (secondary N) is 1. The van der Waals surface area contributed by atoms with Crippen molar-refractivity contribution in [3.63, 3.8) is 0 Å². The van der Waals surface area contributed by atoms with Crippen LogP contribution in [0.2, 0.25) is 0 Å². The molecular weight excluding hydrogens is 454 g/mol. The first-order valence-corrected chi connectivity index (χ1v) is 11.6. The van der Waals surface area contributed by atoms with Gasteiger partial charge in [0.15, 0.2) is 18.1 Å². The molecule has 186 valence electrons. The number of fused-ring (bicyclic) bond motifs is 1. The standard InChI is InChI=1S/C26H29NO8/c1-4-33-26(30)25-24(17-10-9-16(31-2)11-20(17)34-14-23(28)29)18-12-21(32-3)22(13-19(18)27-25)35-15-7-5-6-8-15/h9-13,15,27H,4-8,14H2,1-3H3,(H,28,29). The molecule has 1 aliphatic carbocycles. The molecule has 1 aromatic heterocycles. The van der Waals surface area contributed by atoms with E-state index in [1.807, 2.05) is 6.07 Å². The largest absolute Gasteiger partial charge is 0.497 e. The maximum Gasteiger partial charge on any atom is 0.355 e. The van der Waals surface area contributed by atoms with Gasteiger partial charge in [0.2, 0.25) is 0 Å². The number of aliphatic carboxylic acids is 1. The number of esters is 1. The van der Waals surface area contributed by atoms with Gasteiger partial charge in [0.25, 0.3) is 0 Å². The fraction of sp³-hybridized carbons (Fsp3) is 0.385. The summed E-state index contributed by atoms with van der Waals surface area (Å²) in [6, 6.07) is 8.64. The van der Waals surface area contributed by atoms with Crippen LogP contribution in [0.5, 0.6) is 23.0 Å². The van der Waals surface area contributed by atoms with Gasteiger partial charge in [-0.3, -0.25) is 0 Å². The maximum absolute atomic E-state index is 13.0. The number of aromatic nitrogens is 1. The zero-order valence-electron chi connectivity index (χ0n) is 20.0. The van der Waals surface area contributed by atoms with Crippen LogP contribution in [0, 0.1) is 0 Å². The molecular formula is C26H29NO8. The summed E-state index contributed by atoms with van der Waals surface area (Å²) in [6.45, 7) is 1.36. The molecule has 2 N–H and O–H groups in total.